The maximum atomic E-state index is 11.9. The predicted octanol–water partition coefficient (Wildman–Crippen LogP) is 4.15. The molecular formula is C16H18Cl2N2O3. The number of benzene rings is 1. The Morgan fingerprint density at radius 1 is 1.43 bits per heavy atom. The number of aromatic nitrogens is 2. The van der Waals surface area contributed by atoms with E-state index in [2.05, 4.69) is 5.10 Å². The van der Waals surface area contributed by atoms with Gasteiger partial charge in [0.05, 0.1) is 18.5 Å². The maximum absolute atomic E-state index is 11.9. The van der Waals surface area contributed by atoms with E-state index in [-0.39, 0.29) is 18.6 Å². The van der Waals surface area contributed by atoms with E-state index < -0.39 is 0 Å². The molecule has 1 aromatic heterocycles. The monoisotopic (exact) mass is 356 g/mol. The van der Waals surface area contributed by atoms with Crippen LogP contribution >= 0.6 is 23.2 Å². The largest absolute Gasteiger partial charge is 0.466 e. The van der Waals surface area contributed by atoms with E-state index >= 15 is 0 Å². The second-order valence-electron chi connectivity index (χ2n) is 5.46. The molecule has 0 spiro atoms. The third-order valence-electron chi connectivity index (χ3n) is 3.94. The quantitative estimate of drug-likeness (QED) is 0.772. The molecule has 1 saturated heterocycles. The summed E-state index contributed by atoms with van der Waals surface area (Å²) in [5.41, 5.74) is 1.47. The van der Waals surface area contributed by atoms with Crippen LogP contribution < -0.4 is 0 Å². The smallest absolute Gasteiger partial charge is 0.310 e. The number of fused-ring (bicyclic) bond motifs is 1. The van der Waals surface area contributed by atoms with Crippen molar-refractivity contribution in [2.45, 2.75) is 38.8 Å². The lowest BCUT2D eigenvalue weighted by Gasteiger charge is -2.23. The Morgan fingerprint density at radius 2 is 2.26 bits per heavy atom. The van der Waals surface area contributed by atoms with Crippen LogP contribution in [0.15, 0.2) is 12.1 Å². The minimum absolute atomic E-state index is 0.0704. The Morgan fingerprint density at radius 3 is 2.96 bits per heavy atom. The van der Waals surface area contributed by atoms with Gasteiger partial charge < -0.3 is 9.47 Å². The van der Waals surface area contributed by atoms with Crippen LogP contribution in [0.2, 0.25) is 10.2 Å². The van der Waals surface area contributed by atoms with Gasteiger partial charge in [0.2, 0.25) is 0 Å². The molecule has 1 atom stereocenters. The van der Waals surface area contributed by atoms with Crippen LogP contribution in [0.4, 0.5) is 0 Å². The molecule has 5 nitrogen and oxygen atoms in total. The van der Waals surface area contributed by atoms with Crippen LogP contribution in [-0.2, 0) is 20.7 Å². The highest BCUT2D eigenvalue weighted by molar-refractivity contribution is 6.37. The SMILES string of the molecule is CCOC(=O)Cc1c(Cl)ccc2c1c(Cl)nn2C1CCCCO1. The molecule has 1 aliphatic heterocycles. The van der Waals surface area contributed by atoms with Gasteiger partial charge in [-0.2, -0.15) is 5.10 Å². The third kappa shape index (κ3) is 3.32. The molecular weight excluding hydrogens is 339 g/mol. The third-order valence-corrected chi connectivity index (χ3v) is 4.56. The summed E-state index contributed by atoms with van der Waals surface area (Å²) in [4.78, 5) is 11.9. The number of esters is 1. The topological polar surface area (TPSA) is 53.3 Å². The van der Waals surface area contributed by atoms with Crippen molar-refractivity contribution in [1.29, 1.82) is 0 Å². The highest BCUT2D eigenvalue weighted by atomic mass is 35.5. The van der Waals surface area contributed by atoms with Crippen molar-refractivity contribution in [2.24, 2.45) is 0 Å². The maximum Gasteiger partial charge on any atom is 0.310 e. The minimum Gasteiger partial charge on any atom is -0.466 e. The van der Waals surface area contributed by atoms with Gasteiger partial charge in [-0.3, -0.25) is 4.79 Å². The summed E-state index contributed by atoms with van der Waals surface area (Å²) in [6, 6.07) is 3.62. The van der Waals surface area contributed by atoms with E-state index in [9.17, 15) is 4.79 Å². The second kappa shape index (κ2) is 7.07. The first-order chi connectivity index (χ1) is 11.1. The Bertz CT molecular complexity index is 724. The van der Waals surface area contributed by atoms with Crippen molar-refractivity contribution in [3.8, 4) is 0 Å². The molecule has 1 unspecified atom stereocenters. The van der Waals surface area contributed by atoms with E-state index in [1.54, 1.807) is 17.7 Å². The first kappa shape index (κ1) is 16.6. The van der Waals surface area contributed by atoms with Crippen molar-refractivity contribution >= 4 is 40.1 Å². The molecule has 1 fully saturated rings. The molecule has 2 heterocycles. The summed E-state index contributed by atoms with van der Waals surface area (Å²) in [5, 5.41) is 5.92. The fourth-order valence-electron chi connectivity index (χ4n) is 2.89. The van der Waals surface area contributed by atoms with Crippen LogP contribution in [0.1, 0.15) is 38.0 Å². The van der Waals surface area contributed by atoms with Gasteiger partial charge in [-0.15, -0.1) is 0 Å². The van der Waals surface area contributed by atoms with Crippen molar-refractivity contribution in [1.82, 2.24) is 9.78 Å². The molecule has 1 aliphatic rings. The molecule has 2 aromatic rings. The Kier molecular flexibility index (Phi) is 5.09. The fourth-order valence-corrected chi connectivity index (χ4v) is 3.41. The van der Waals surface area contributed by atoms with Gasteiger partial charge in [0, 0.05) is 17.0 Å². The van der Waals surface area contributed by atoms with Gasteiger partial charge >= 0.3 is 5.97 Å². The standard InChI is InChI=1S/C16H18Cl2N2O3/c1-2-22-14(21)9-10-11(17)6-7-12-15(10)16(18)19-20(12)13-5-3-4-8-23-13/h6-7,13H,2-5,8-9H2,1H3. The van der Waals surface area contributed by atoms with Crippen molar-refractivity contribution in [3.05, 3.63) is 27.9 Å². The zero-order valence-electron chi connectivity index (χ0n) is 12.8. The van der Waals surface area contributed by atoms with Crippen LogP contribution in [0, 0.1) is 0 Å². The van der Waals surface area contributed by atoms with E-state index in [4.69, 9.17) is 32.7 Å². The number of hydrogen-bond acceptors (Lipinski definition) is 4. The second-order valence-corrected chi connectivity index (χ2v) is 6.22. The Labute approximate surface area is 144 Å². The summed E-state index contributed by atoms with van der Waals surface area (Å²) >= 11 is 12.6. The number of carbonyl (C=O) groups excluding carboxylic acids is 1. The number of nitrogens with zero attached hydrogens (tertiary/aromatic N) is 2. The summed E-state index contributed by atoms with van der Waals surface area (Å²) in [7, 11) is 0. The van der Waals surface area contributed by atoms with Gasteiger partial charge in [-0.05, 0) is 43.9 Å². The van der Waals surface area contributed by atoms with E-state index in [0.717, 1.165) is 24.8 Å². The van der Waals surface area contributed by atoms with Crippen LogP contribution in [0.25, 0.3) is 10.9 Å². The van der Waals surface area contributed by atoms with Gasteiger partial charge in [-0.25, -0.2) is 4.68 Å². The molecule has 0 radical (unpaired) electrons. The lowest BCUT2D eigenvalue weighted by molar-refractivity contribution is -0.142. The predicted molar refractivity (Wildman–Crippen MR) is 88.9 cm³/mol. The highest BCUT2D eigenvalue weighted by Crippen LogP contribution is 2.35. The number of ether oxygens (including phenoxy) is 2. The van der Waals surface area contributed by atoms with Gasteiger partial charge in [0.15, 0.2) is 11.4 Å². The number of rotatable bonds is 4. The average molecular weight is 357 g/mol. The first-order valence-corrected chi connectivity index (χ1v) is 8.49. The first-order valence-electron chi connectivity index (χ1n) is 7.74. The summed E-state index contributed by atoms with van der Waals surface area (Å²) < 4.78 is 12.6. The van der Waals surface area contributed by atoms with Crippen LogP contribution in [0.5, 0.6) is 0 Å². The average Bonchev–Trinajstić information content (AvgIpc) is 2.88. The van der Waals surface area contributed by atoms with Crippen LogP contribution in [0.3, 0.4) is 0 Å². The molecule has 7 heteroatoms. The molecule has 0 amide bonds. The fraction of sp³-hybridized carbons (Fsp3) is 0.500. The molecule has 124 valence electrons. The lowest BCUT2D eigenvalue weighted by atomic mass is 10.1. The zero-order valence-corrected chi connectivity index (χ0v) is 14.4. The molecule has 0 bridgehead atoms. The van der Waals surface area contributed by atoms with Crippen molar-refractivity contribution in [3.63, 3.8) is 0 Å². The number of hydrogen-bond donors (Lipinski definition) is 0. The molecule has 3 rings (SSSR count). The van der Waals surface area contributed by atoms with Crippen molar-refractivity contribution < 1.29 is 14.3 Å². The summed E-state index contributed by atoms with van der Waals surface area (Å²) in [5.74, 6) is -0.334. The van der Waals surface area contributed by atoms with E-state index in [1.807, 2.05) is 6.07 Å². The summed E-state index contributed by atoms with van der Waals surface area (Å²) in [6.07, 6.45) is 2.98. The van der Waals surface area contributed by atoms with E-state index in [0.29, 0.717) is 34.3 Å². The molecule has 1 aromatic carbocycles. The zero-order chi connectivity index (χ0) is 16.4. The lowest BCUT2D eigenvalue weighted by Crippen LogP contribution is -2.19. The normalized spacial score (nSPS) is 18.3. The molecule has 0 saturated carbocycles. The van der Waals surface area contributed by atoms with Gasteiger partial charge in [-0.1, -0.05) is 23.2 Å². The number of halogens is 2. The van der Waals surface area contributed by atoms with E-state index in [1.165, 1.54) is 0 Å². The van der Waals surface area contributed by atoms with Gasteiger partial charge in [0.25, 0.3) is 0 Å². The Balaban J connectivity index is 2.04. The molecule has 0 aliphatic carbocycles. The summed E-state index contributed by atoms with van der Waals surface area (Å²) in [6.45, 7) is 2.81. The highest BCUT2D eigenvalue weighted by Gasteiger charge is 2.23. The van der Waals surface area contributed by atoms with Crippen LogP contribution in [-0.4, -0.2) is 29.0 Å². The van der Waals surface area contributed by atoms with Crippen molar-refractivity contribution in [2.75, 3.05) is 13.2 Å². The number of carbonyl (C=O) groups is 1. The van der Waals surface area contributed by atoms with Gasteiger partial charge in [0.1, 0.15) is 0 Å². The Hall–Kier alpha value is -1.30. The minimum atomic E-state index is -0.334. The molecule has 23 heavy (non-hydrogen) atoms. The molecule has 0 N–H and O–H groups in total.